The van der Waals surface area contributed by atoms with E-state index in [1.807, 2.05) is 0 Å². The van der Waals surface area contributed by atoms with E-state index < -0.39 is 6.10 Å². The second-order valence-electron chi connectivity index (χ2n) is 4.89. The lowest BCUT2D eigenvalue weighted by Crippen LogP contribution is -2.22. The Labute approximate surface area is 109 Å². The molecule has 3 rings (SSSR count). The molecule has 7 nitrogen and oxygen atoms in total. The van der Waals surface area contributed by atoms with E-state index >= 15 is 0 Å². The summed E-state index contributed by atoms with van der Waals surface area (Å²) in [5, 5.41) is 9.54. The number of nitrogens with two attached hydrogens (primary N) is 1. The molecule has 3 heterocycles. The number of aromatic amines is 1. The van der Waals surface area contributed by atoms with Crippen molar-refractivity contribution < 1.29 is 9.84 Å². The van der Waals surface area contributed by atoms with E-state index in [1.165, 1.54) is 0 Å². The number of anilines is 1. The number of rotatable bonds is 2. The Morgan fingerprint density at radius 1 is 1.63 bits per heavy atom. The topological polar surface area (TPSA) is 106 Å². The van der Waals surface area contributed by atoms with Gasteiger partial charge in [-0.1, -0.05) is 0 Å². The molecule has 0 amide bonds. The van der Waals surface area contributed by atoms with Crippen molar-refractivity contribution in [2.75, 3.05) is 5.73 Å². The van der Waals surface area contributed by atoms with Gasteiger partial charge in [0.25, 0.3) is 5.56 Å². The Balaban J connectivity index is 2.00. The minimum Gasteiger partial charge on any atom is -0.391 e. The van der Waals surface area contributed by atoms with Crippen LogP contribution >= 0.6 is 0 Å². The van der Waals surface area contributed by atoms with Gasteiger partial charge >= 0.3 is 0 Å². The fraction of sp³-hybridized carbons (Fsp3) is 0.500. The Morgan fingerprint density at radius 3 is 3.11 bits per heavy atom. The molecule has 3 atom stereocenters. The van der Waals surface area contributed by atoms with Crippen LogP contribution in [0.2, 0.25) is 0 Å². The van der Waals surface area contributed by atoms with Gasteiger partial charge in [0.1, 0.15) is 12.0 Å². The minimum atomic E-state index is -0.506. The molecule has 1 aliphatic heterocycles. The summed E-state index contributed by atoms with van der Waals surface area (Å²) in [7, 11) is 0. The van der Waals surface area contributed by atoms with Crippen LogP contribution in [0.15, 0.2) is 17.2 Å². The van der Waals surface area contributed by atoms with Crippen LogP contribution in [0.4, 0.5) is 5.82 Å². The number of imidazole rings is 1. The van der Waals surface area contributed by atoms with E-state index in [-0.39, 0.29) is 17.9 Å². The first-order valence-electron chi connectivity index (χ1n) is 6.25. The van der Waals surface area contributed by atoms with Gasteiger partial charge in [-0.25, -0.2) is 4.98 Å². The van der Waals surface area contributed by atoms with E-state index in [4.69, 9.17) is 10.5 Å². The molecule has 0 spiro atoms. The van der Waals surface area contributed by atoms with Crippen LogP contribution in [0.1, 0.15) is 26.0 Å². The molecule has 0 aromatic carbocycles. The molecule has 0 aliphatic carbocycles. The number of aliphatic hydroxyl groups excluding tert-OH is 1. The van der Waals surface area contributed by atoms with Gasteiger partial charge in [0.15, 0.2) is 5.52 Å². The summed E-state index contributed by atoms with van der Waals surface area (Å²) < 4.78 is 7.57. The molecule has 19 heavy (non-hydrogen) atoms. The zero-order chi connectivity index (χ0) is 13.6. The molecule has 3 unspecified atom stereocenters. The zero-order valence-corrected chi connectivity index (χ0v) is 10.5. The van der Waals surface area contributed by atoms with Crippen molar-refractivity contribution in [3.8, 4) is 0 Å². The van der Waals surface area contributed by atoms with Crippen LogP contribution in [0.25, 0.3) is 11.0 Å². The average molecular weight is 264 g/mol. The lowest BCUT2D eigenvalue weighted by Gasteiger charge is -2.17. The predicted octanol–water partition coefficient (Wildman–Crippen LogP) is 0.365. The molecule has 1 saturated heterocycles. The normalized spacial score (nSPS) is 24.9. The van der Waals surface area contributed by atoms with Crippen molar-refractivity contribution in [1.29, 1.82) is 0 Å². The molecule has 7 heteroatoms. The summed E-state index contributed by atoms with van der Waals surface area (Å²) in [5.74, 6) is 0.296. The molecular formula is C12H16N4O3. The lowest BCUT2D eigenvalue weighted by molar-refractivity contribution is -0.0513. The van der Waals surface area contributed by atoms with Crippen molar-refractivity contribution in [1.82, 2.24) is 14.5 Å². The second kappa shape index (κ2) is 4.36. The maximum atomic E-state index is 11.7. The first kappa shape index (κ1) is 12.2. The fourth-order valence-corrected chi connectivity index (χ4v) is 2.50. The molecule has 102 valence electrons. The molecule has 4 N–H and O–H groups in total. The monoisotopic (exact) mass is 264 g/mol. The Hall–Kier alpha value is -1.86. The Morgan fingerprint density at radius 2 is 2.42 bits per heavy atom. The van der Waals surface area contributed by atoms with Crippen LogP contribution in [0.3, 0.4) is 0 Å². The highest BCUT2D eigenvalue weighted by molar-refractivity contribution is 5.76. The van der Waals surface area contributed by atoms with Crippen LogP contribution in [0, 0.1) is 0 Å². The SMILES string of the molecule is CC(O)C1CCC(n2cnc3c(=O)[nH]c(N)cc32)O1. The summed E-state index contributed by atoms with van der Waals surface area (Å²) in [5.41, 5.74) is 6.34. The number of nitrogen functional groups attached to an aromatic ring is 1. The smallest absolute Gasteiger partial charge is 0.277 e. The van der Waals surface area contributed by atoms with Crippen LogP contribution in [0.5, 0.6) is 0 Å². The Kier molecular flexibility index (Phi) is 2.79. The maximum absolute atomic E-state index is 11.7. The van der Waals surface area contributed by atoms with Crippen molar-refractivity contribution in [3.05, 3.63) is 22.7 Å². The van der Waals surface area contributed by atoms with Crippen LogP contribution in [-0.2, 0) is 4.74 Å². The number of pyridine rings is 1. The highest BCUT2D eigenvalue weighted by atomic mass is 16.5. The first-order chi connectivity index (χ1) is 9.06. The van der Waals surface area contributed by atoms with Gasteiger partial charge in [0, 0.05) is 6.07 Å². The molecule has 2 aromatic rings. The van der Waals surface area contributed by atoms with E-state index in [2.05, 4.69) is 9.97 Å². The molecule has 1 aliphatic rings. The molecule has 0 bridgehead atoms. The van der Waals surface area contributed by atoms with Crippen LogP contribution < -0.4 is 11.3 Å². The number of aromatic nitrogens is 3. The number of fused-ring (bicyclic) bond motifs is 1. The van der Waals surface area contributed by atoms with Crippen molar-refractivity contribution in [3.63, 3.8) is 0 Å². The number of aliphatic hydroxyl groups is 1. The van der Waals surface area contributed by atoms with Gasteiger partial charge in [0.2, 0.25) is 0 Å². The molecule has 0 radical (unpaired) electrons. The van der Waals surface area contributed by atoms with Gasteiger partial charge in [-0.3, -0.25) is 4.79 Å². The molecule has 1 fully saturated rings. The average Bonchev–Trinajstić information content (AvgIpc) is 2.93. The summed E-state index contributed by atoms with van der Waals surface area (Å²) in [6, 6.07) is 1.67. The number of hydrogen-bond donors (Lipinski definition) is 3. The van der Waals surface area contributed by atoms with Crippen molar-refractivity contribution in [2.24, 2.45) is 0 Å². The summed E-state index contributed by atoms with van der Waals surface area (Å²) in [6.45, 7) is 1.71. The maximum Gasteiger partial charge on any atom is 0.277 e. The highest BCUT2D eigenvalue weighted by Gasteiger charge is 2.30. The third-order valence-corrected chi connectivity index (χ3v) is 3.48. The number of nitrogens with one attached hydrogen (secondary N) is 1. The van der Waals surface area contributed by atoms with Crippen LogP contribution in [-0.4, -0.2) is 31.8 Å². The fourth-order valence-electron chi connectivity index (χ4n) is 2.50. The third-order valence-electron chi connectivity index (χ3n) is 3.48. The van der Waals surface area contributed by atoms with E-state index in [1.54, 1.807) is 23.9 Å². The third kappa shape index (κ3) is 2.00. The standard InChI is InChI=1S/C12H16N4O3/c1-6(17)8-2-3-10(19-8)16-5-14-11-7(16)4-9(13)15-12(11)18/h4-6,8,10,17H,2-3H2,1H3,(H3,13,15,18). The van der Waals surface area contributed by atoms with Gasteiger partial charge in [-0.2, -0.15) is 0 Å². The first-order valence-corrected chi connectivity index (χ1v) is 6.25. The number of nitrogens with zero attached hydrogens (tertiary/aromatic N) is 2. The number of H-pyrrole nitrogens is 1. The van der Waals surface area contributed by atoms with E-state index in [9.17, 15) is 9.90 Å². The van der Waals surface area contributed by atoms with E-state index in [0.29, 0.717) is 16.9 Å². The minimum absolute atomic E-state index is 0.179. The number of hydrogen-bond acceptors (Lipinski definition) is 5. The van der Waals surface area contributed by atoms with Gasteiger partial charge < -0.3 is 25.1 Å². The van der Waals surface area contributed by atoms with Crippen molar-refractivity contribution in [2.45, 2.75) is 38.2 Å². The van der Waals surface area contributed by atoms with Gasteiger partial charge in [0.05, 0.1) is 24.1 Å². The van der Waals surface area contributed by atoms with E-state index in [0.717, 1.165) is 12.8 Å². The van der Waals surface area contributed by atoms with Gasteiger partial charge in [-0.15, -0.1) is 0 Å². The van der Waals surface area contributed by atoms with Gasteiger partial charge in [-0.05, 0) is 19.8 Å². The quantitative estimate of drug-likeness (QED) is 0.726. The van der Waals surface area contributed by atoms with Crippen molar-refractivity contribution >= 4 is 16.9 Å². The lowest BCUT2D eigenvalue weighted by atomic mass is 10.1. The Bertz CT molecular complexity index is 661. The summed E-state index contributed by atoms with van der Waals surface area (Å²) in [6.07, 6.45) is 2.23. The summed E-state index contributed by atoms with van der Waals surface area (Å²) in [4.78, 5) is 18.3. The largest absolute Gasteiger partial charge is 0.391 e. The number of ether oxygens (including phenoxy) is 1. The second-order valence-corrected chi connectivity index (χ2v) is 4.89. The molecule has 2 aromatic heterocycles. The molecule has 0 saturated carbocycles. The molecular weight excluding hydrogens is 248 g/mol. The predicted molar refractivity (Wildman–Crippen MR) is 69.6 cm³/mol. The summed E-state index contributed by atoms with van der Waals surface area (Å²) >= 11 is 0. The zero-order valence-electron chi connectivity index (χ0n) is 10.5. The highest BCUT2D eigenvalue weighted by Crippen LogP contribution is 2.31.